The number of aliphatic carboxylic acids is 1. The molecule has 2 aromatic rings. The molecule has 2 rings (SSSR count). The van der Waals surface area contributed by atoms with Gasteiger partial charge < -0.3 is 26.5 Å². The van der Waals surface area contributed by atoms with Crippen LogP contribution in [-0.4, -0.2) is 53.5 Å². The van der Waals surface area contributed by atoms with Crippen molar-refractivity contribution in [2.75, 3.05) is 11.3 Å². The van der Waals surface area contributed by atoms with E-state index in [1.165, 1.54) is 17.6 Å². The number of thiophene rings is 1. The molecule has 0 bridgehead atoms. The minimum atomic E-state index is -4.02. The second-order valence-electron chi connectivity index (χ2n) is 6.32. The Bertz CT molecular complexity index is 1030. The van der Waals surface area contributed by atoms with E-state index in [2.05, 4.69) is 20.0 Å². The molecule has 14 heteroatoms. The largest absolute Gasteiger partial charge is 0.480 e. The number of carbonyl (C=O) groups excluding carboxylic acids is 1. The highest BCUT2D eigenvalue weighted by atomic mass is 32.2. The van der Waals surface area contributed by atoms with E-state index in [-0.39, 0.29) is 34.5 Å². The first-order valence-electron chi connectivity index (χ1n) is 8.70. The minimum Gasteiger partial charge on any atom is -0.480 e. The van der Waals surface area contributed by atoms with Gasteiger partial charge in [0.25, 0.3) is 15.9 Å². The second kappa shape index (κ2) is 9.58. The average molecular weight is 458 g/mol. The predicted octanol–water partition coefficient (Wildman–Crippen LogP) is -0.173. The summed E-state index contributed by atoms with van der Waals surface area (Å²) in [7, 11) is -2.36. The minimum absolute atomic E-state index is 0.0294. The summed E-state index contributed by atoms with van der Waals surface area (Å²) >= 11 is 0.975. The Labute approximate surface area is 177 Å². The van der Waals surface area contributed by atoms with Gasteiger partial charge in [0.2, 0.25) is 0 Å². The maximum atomic E-state index is 12.6. The lowest BCUT2D eigenvalue weighted by Crippen LogP contribution is -2.40. The third kappa shape index (κ3) is 5.93. The van der Waals surface area contributed by atoms with Crippen LogP contribution in [0.15, 0.2) is 27.7 Å². The van der Waals surface area contributed by atoms with Crippen molar-refractivity contribution in [3.63, 3.8) is 0 Å². The number of nitrogens with two attached hydrogens (primary N) is 2. The van der Waals surface area contributed by atoms with Crippen LogP contribution in [0.2, 0.25) is 0 Å². The zero-order chi connectivity index (χ0) is 22.5. The fraction of sp³-hybridized carbons (Fsp3) is 0.375. The Hall–Kier alpha value is -3.13. The number of nitrogens with one attached hydrogen (secondary N) is 2. The van der Waals surface area contributed by atoms with Gasteiger partial charge in [-0.1, -0.05) is 0 Å². The molecule has 30 heavy (non-hydrogen) atoms. The molecule has 0 aromatic carbocycles. The molecule has 2 heterocycles. The molecule has 0 fully saturated rings. The van der Waals surface area contributed by atoms with Crippen LogP contribution < -0.4 is 21.5 Å². The Morgan fingerprint density at radius 1 is 1.40 bits per heavy atom. The fourth-order valence-electron chi connectivity index (χ4n) is 2.40. The molecule has 0 saturated carbocycles. The van der Waals surface area contributed by atoms with E-state index in [0.717, 1.165) is 11.3 Å². The summed E-state index contributed by atoms with van der Waals surface area (Å²) in [5, 5.41) is 13.1. The van der Waals surface area contributed by atoms with Gasteiger partial charge in [-0.25, -0.2) is 9.78 Å². The first-order chi connectivity index (χ1) is 14.0. The first-order valence-corrected chi connectivity index (χ1v) is 11.1. The number of carboxylic acids is 1. The fourth-order valence-corrected chi connectivity index (χ4v) is 4.33. The predicted molar refractivity (Wildman–Crippen MR) is 112 cm³/mol. The van der Waals surface area contributed by atoms with Crippen LogP contribution >= 0.6 is 11.3 Å². The summed E-state index contributed by atoms with van der Waals surface area (Å²) in [6.45, 7) is 1.87. The van der Waals surface area contributed by atoms with E-state index in [1.807, 2.05) is 0 Å². The third-order valence-electron chi connectivity index (χ3n) is 4.03. The van der Waals surface area contributed by atoms with E-state index in [9.17, 15) is 23.1 Å². The van der Waals surface area contributed by atoms with Gasteiger partial charge in [0.1, 0.15) is 16.7 Å². The lowest BCUT2D eigenvalue weighted by molar-refractivity contribution is -0.139. The number of carbonyl (C=O) groups is 2. The summed E-state index contributed by atoms with van der Waals surface area (Å²) in [6, 6.07) is 0.234. The zero-order valence-electron chi connectivity index (χ0n) is 16.3. The van der Waals surface area contributed by atoms with Crippen molar-refractivity contribution in [2.45, 2.75) is 30.8 Å². The van der Waals surface area contributed by atoms with Gasteiger partial charge in [0.15, 0.2) is 11.0 Å². The first kappa shape index (κ1) is 23.2. The maximum absolute atomic E-state index is 12.6. The van der Waals surface area contributed by atoms with Crippen molar-refractivity contribution in [3.8, 4) is 0 Å². The SMILES string of the molecule is Cc1nc(S(=O)(=O)Nc2ccsc2C(=O)N[C@@H](CCCN=C(N)N)C(=O)O)cn1C. The number of hydrogen-bond acceptors (Lipinski definition) is 7. The molecule has 1 amide bonds. The number of anilines is 1. The van der Waals surface area contributed by atoms with Gasteiger partial charge in [-0.15, -0.1) is 11.3 Å². The van der Waals surface area contributed by atoms with Crippen molar-refractivity contribution < 1.29 is 23.1 Å². The number of aliphatic imine (C=N–C) groups is 1. The number of imidazole rings is 1. The van der Waals surface area contributed by atoms with Gasteiger partial charge in [-0.05, 0) is 31.2 Å². The molecule has 7 N–H and O–H groups in total. The van der Waals surface area contributed by atoms with Crippen LogP contribution in [0.3, 0.4) is 0 Å². The zero-order valence-corrected chi connectivity index (χ0v) is 18.0. The number of aryl methyl sites for hydroxylation is 2. The number of hydrogen-bond donors (Lipinski definition) is 5. The van der Waals surface area contributed by atoms with Crippen LogP contribution in [0.5, 0.6) is 0 Å². The van der Waals surface area contributed by atoms with Crippen LogP contribution in [0, 0.1) is 6.92 Å². The summed E-state index contributed by atoms with van der Waals surface area (Å²) < 4.78 is 29.0. The van der Waals surface area contributed by atoms with E-state index < -0.39 is 27.9 Å². The van der Waals surface area contributed by atoms with E-state index in [0.29, 0.717) is 12.2 Å². The summed E-state index contributed by atoms with van der Waals surface area (Å²) in [4.78, 5) is 31.8. The highest BCUT2D eigenvalue weighted by Crippen LogP contribution is 2.25. The molecule has 0 saturated heterocycles. The molecule has 164 valence electrons. The Morgan fingerprint density at radius 3 is 2.67 bits per heavy atom. The van der Waals surface area contributed by atoms with Crippen molar-refractivity contribution >= 4 is 44.9 Å². The maximum Gasteiger partial charge on any atom is 0.326 e. The molecule has 1 atom stereocenters. The number of carboxylic acid groups (broad SMARTS) is 1. The van der Waals surface area contributed by atoms with E-state index >= 15 is 0 Å². The van der Waals surface area contributed by atoms with Crippen LogP contribution in [0.25, 0.3) is 0 Å². The van der Waals surface area contributed by atoms with Gasteiger partial charge in [-0.3, -0.25) is 14.5 Å². The summed E-state index contributed by atoms with van der Waals surface area (Å²) in [5.41, 5.74) is 10.5. The number of nitrogens with zero attached hydrogens (tertiary/aromatic N) is 3. The molecule has 0 aliphatic heterocycles. The third-order valence-corrected chi connectivity index (χ3v) is 6.18. The molecule has 12 nitrogen and oxygen atoms in total. The highest BCUT2D eigenvalue weighted by Gasteiger charge is 2.25. The summed E-state index contributed by atoms with van der Waals surface area (Å²) in [5.74, 6) is -1.54. The van der Waals surface area contributed by atoms with Crippen molar-refractivity contribution in [3.05, 3.63) is 28.3 Å². The van der Waals surface area contributed by atoms with E-state index in [4.69, 9.17) is 11.5 Å². The Kier molecular flexibility index (Phi) is 7.39. The van der Waals surface area contributed by atoms with Crippen molar-refractivity contribution in [1.29, 1.82) is 0 Å². The monoisotopic (exact) mass is 457 g/mol. The molecule has 0 aliphatic carbocycles. The molecule has 0 aliphatic rings. The standard InChI is InChI=1S/C16H23N7O5S2/c1-9-20-12(8-23(9)2)30(27,28)22-10-5-7-29-13(10)14(24)21-11(15(25)26)4-3-6-19-16(17)18/h5,7-8,11,22H,3-4,6H2,1-2H3,(H,21,24)(H,25,26)(H4,17,18,19)/t11-/m0/s1. The second-order valence-corrected chi connectivity index (χ2v) is 8.86. The highest BCUT2D eigenvalue weighted by molar-refractivity contribution is 7.92. The molecule has 0 radical (unpaired) electrons. The lowest BCUT2D eigenvalue weighted by Gasteiger charge is -2.14. The van der Waals surface area contributed by atoms with Gasteiger partial charge in [-0.2, -0.15) is 8.42 Å². The Balaban J connectivity index is 2.11. The van der Waals surface area contributed by atoms with Gasteiger partial charge >= 0.3 is 5.97 Å². The van der Waals surface area contributed by atoms with Crippen LogP contribution in [-0.2, 0) is 21.9 Å². The van der Waals surface area contributed by atoms with Crippen LogP contribution in [0.4, 0.5) is 5.69 Å². The molecule has 2 aromatic heterocycles. The van der Waals surface area contributed by atoms with Crippen molar-refractivity contribution in [1.82, 2.24) is 14.9 Å². The smallest absolute Gasteiger partial charge is 0.326 e. The quantitative estimate of drug-likeness (QED) is 0.184. The van der Waals surface area contributed by atoms with Crippen LogP contribution in [0.1, 0.15) is 28.3 Å². The average Bonchev–Trinajstić information content (AvgIpc) is 3.23. The lowest BCUT2D eigenvalue weighted by atomic mass is 10.1. The number of aromatic nitrogens is 2. The number of sulfonamides is 1. The van der Waals surface area contributed by atoms with E-state index in [1.54, 1.807) is 18.5 Å². The topological polar surface area (TPSA) is 195 Å². The molecular weight excluding hydrogens is 434 g/mol. The molecule has 0 spiro atoms. The number of rotatable bonds is 10. The summed E-state index contributed by atoms with van der Waals surface area (Å²) in [6.07, 6.45) is 1.77. The van der Waals surface area contributed by atoms with Crippen molar-refractivity contribution in [2.24, 2.45) is 23.5 Å². The normalized spacial score (nSPS) is 12.2. The van der Waals surface area contributed by atoms with Gasteiger partial charge in [0, 0.05) is 19.8 Å². The molecule has 0 unspecified atom stereocenters. The number of amides is 1. The Morgan fingerprint density at radius 2 is 2.10 bits per heavy atom. The molecular formula is C16H23N7O5S2. The number of guanidine groups is 1. The van der Waals surface area contributed by atoms with Gasteiger partial charge in [0.05, 0.1) is 5.69 Å².